The molecule has 0 fully saturated rings. The van der Waals surface area contributed by atoms with Gasteiger partial charge in [-0.1, -0.05) is 63.2 Å². The molecule has 0 aromatic heterocycles. The molecule has 0 bridgehead atoms. The third kappa shape index (κ3) is 4.30. The number of aryl methyl sites for hydroxylation is 1. The zero-order valence-corrected chi connectivity index (χ0v) is 17.9. The van der Waals surface area contributed by atoms with Crippen LogP contribution in [0.15, 0.2) is 48.5 Å². The summed E-state index contributed by atoms with van der Waals surface area (Å²) in [5, 5.41) is -1.07. The van der Waals surface area contributed by atoms with Crippen molar-refractivity contribution in [2.75, 3.05) is 11.4 Å². The Bertz CT molecular complexity index is 956. The van der Waals surface area contributed by atoms with Crippen LogP contribution in [-0.4, -0.2) is 26.1 Å². The number of sulfone groups is 1. The van der Waals surface area contributed by atoms with E-state index >= 15 is 0 Å². The number of carbonyl (C=O) groups excluding carboxylic acids is 1. The highest BCUT2D eigenvalue weighted by Crippen LogP contribution is 2.28. The standard InChI is InChI=1S/C23H29NO3S/c1-17(22(25)24-15-7-9-19-8-5-6-10-21(19)24)28(26,27)16-18-11-13-20(14-12-18)23(2,3)4/h5-6,8,10-14,17H,7,9,15-16H2,1-4H3. The maximum absolute atomic E-state index is 13.0. The van der Waals surface area contributed by atoms with Gasteiger partial charge in [-0.25, -0.2) is 8.42 Å². The molecule has 4 nitrogen and oxygen atoms in total. The summed E-state index contributed by atoms with van der Waals surface area (Å²) in [5.41, 5.74) is 3.83. The highest BCUT2D eigenvalue weighted by Gasteiger charge is 2.34. The number of rotatable bonds is 4. The van der Waals surface area contributed by atoms with E-state index < -0.39 is 15.1 Å². The second kappa shape index (κ2) is 7.70. The second-order valence-electron chi connectivity index (χ2n) is 8.62. The fraction of sp³-hybridized carbons (Fsp3) is 0.435. The Balaban J connectivity index is 1.78. The lowest BCUT2D eigenvalue weighted by Crippen LogP contribution is -2.44. The monoisotopic (exact) mass is 399 g/mol. The average molecular weight is 400 g/mol. The van der Waals surface area contributed by atoms with E-state index in [0.29, 0.717) is 12.1 Å². The third-order valence-corrected chi connectivity index (χ3v) is 7.47. The molecular formula is C23H29NO3S. The van der Waals surface area contributed by atoms with Gasteiger partial charge in [-0.15, -0.1) is 0 Å². The molecule has 1 amide bonds. The van der Waals surface area contributed by atoms with Crippen LogP contribution in [0.25, 0.3) is 0 Å². The molecule has 0 N–H and O–H groups in total. The van der Waals surface area contributed by atoms with Crippen molar-refractivity contribution in [1.29, 1.82) is 0 Å². The van der Waals surface area contributed by atoms with E-state index in [1.165, 1.54) is 6.92 Å². The Kier molecular flexibility index (Phi) is 5.67. The van der Waals surface area contributed by atoms with Crippen LogP contribution in [0, 0.1) is 0 Å². The Morgan fingerprint density at radius 3 is 2.36 bits per heavy atom. The molecule has 1 heterocycles. The van der Waals surface area contributed by atoms with Crippen LogP contribution < -0.4 is 4.90 Å². The van der Waals surface area contributed by atoms with Crippen molar-refractivity contribution in [3.05, 3.63) is 65.2 Å². The number of para-hydroxylation sites is 1. The highest BCUT2D eigenvalue weighted by atomic mass is 32.2. The normalized spacial score (nSPS) is 15.8. The Hall–Kier alpha value is -2.14. The van der Waals surface area contributed by atoms with E-state index in [2.05, 4.69) is 20.8 Å². The van der Waals surface area contributed by atoms with Gasteiger partial charge in [-0.3, -0.25) is 4.79 Å². The van der Waals surface area contributed by atoms with E-state index in [1.807, 2.05) is 48.5 Å². The molecule has 150 valence electrons. The minimum Gasteiger partial charge on any atom is -0.311 e. The Morgan fingerprint density at radius 1 is 1.07 bits per heavy atom. The summed E-state index contributed by atoms with van der Waals surface area (Å²) in [6.45, 7) is 8.44. The van der Waals surface area contributed by atoms with Gasteiger partial charge >= 0.3 is 0 Å². The van der Waals surface area contributed by atoms with Gasteiger partial charge in [0.15, 0.2) is 9.84 Å². The fourth-order valence-corrected chi connectivity index (χ4v) is 4.94. The molecule has 2 aromatic carbocycles. The van der Waals surface area contributed by atoms with E-state index in [9.17, 15) is 13.2 Å². The fourth-order valence-electron chi connectivity index (χ4n) is 3.59. The van der Waals surface area contributed by atoms with Gasteiger partial charge in [0.1, 0.15) is 5.25 Å². The van der Waals surface area contributed by atoms with E-state index in [-0.39, 0.29) is 17.1 Å². The maximum atomic E-state index is 13.0. The first kappa shape index (κ1) is 20.6. The first-order chi connectivity index (χ1) is 13.1. The number of hydrogen-bond acceptors (Lipinski definition) is 3. The Labute approximate surface area is 168 Å². The summed E-state index contributed by atoms with van der Waals surface area (Å²) in [5.74, 6) is -0.460. The molecule has 0 saturated heterocycles. The van der Waals surface area contributed by atoms with Gasteiger partial charge in [0.05, 0.1) is 5.75 Å². The number of carbonyl (C=O) groups is 1. The smallest absolute Gasteiger partial charge is 0.245 e. The molecule has 0 radical (unpaired) electrons. The number of benzene rings is 2. The molecule has 0 spiro atoms. The van der Waals surface area contributed by atoms with Gasteiger partial charge < -0.3 is 4.90 Å². The SMILES string of the molecule is CC(C(=O)N1CCCc2ccccc21)S(=O)(=O)Cc1ccc(C(C)(C)C)cc1. The summed E-state index contributed by atoms with van der Waals surface area (Å²) in [4.78, 5) is 14.7. The lowest BCUT2D eigenvalue weighted by atomic mass is 9.87. The zero-order valence-electron chi connectivity index (χ0n) is 17.1. The first-order valence-corrected chi connectivity index (χ1v) is 11.5. The van der Waals surface area contributed by atoms with E-state index in [1.54, 1.807) is 4.90 Å². The first-order valence-electron chi connectivity index (χ1n) is 9.80. The van der Waals surface area contributed by atoms with Crippen LogP contribution in [0.1, 0.15) is 50.8 Å². The van der Waals surface area contributed by atoms with Crippen molar-refractivity contribution in [3.8, 4) is 0 Å². The van der Waals surface area contributed by atoms with Crippen molar-refractivity contribution in [1.82, 2.24) is 0 Å². The summed E-state index contributed by atoms with van der Waals surface area (Å²) in [6, 6.07) is 15.4. The minimum atomic E-state index is -3.60. The molecule has 5 heteroatoms. The molecule has 1 unspecified atom stereocenters. The Morgan fingerprint density at radius 2 is 1.71 bits per heavy atom. The summed E-state index contributed by atoms with van der Waals surface area (Å²) < 4.78 is 25.9. The molecule has 2 aromatic rings. The number of anilines is 1. The molecule has 1 aliphatic heterocycles. The van der Waals surface area contributed by atoms with Crippen LogP contribution in [0.2, 0.25) is 0 Å². The van der Waals surface area contributed by atoms with Crippen LogP contribution in [0.5, 0.6) is 0 Å². The number of nitrogens with zero attached hydrogens (tertiary/aromatic N) is 1. The summed E-state index contributed by atoms with van der Waals surface area (Å²) in [7, 11) is -3.60. The van der Waals surface area contributed by atoms with Gasteiger partial charge in [0.2, 0.25) is 5.91 Å². The molecule has 28 heavy (non-hydrogen) atoms. The predicted octanol–water partition coefficient (Wildman–Crippen LogP) is 4.27. The number of hydrogen-bond donors (Lipinski definition) is 0. The molecule has 1 aliphatic rings. The van der Waals surface area contributed by atoms with Gasteiger partial charge in [-0.05, 0) is 47.9 Å². The highest BCUT2D eigenvalue weighted by molar-refractivity contribution is 7.92. The van der Waals surface area contributed by atoms with Crippen molar-refractivity contribution in [2.45, 2.75) is 57.0 Å². The largest absolute Gasteiger partial charge is 0.311 e. The second-order valence-corrected chi connectivity index (χ2v) is 10.9. The quantitative estimate of drug-likeness (QED) is 0.772. The van der Waals surface area contributed by atoms with E-state index in [0.717, 1.165) is 29.7 Å². The minimum absolute atomic E-state index is 0.0162. The van der Waals surface area contributed by atoms with Crippen LogP contribution in [0.4, 0.5) is 5.69 Å². The van der Waals surface area contributed by atoms with E-state index in [4.69, 9.17) is 0 Å². The number of fused-ring (bicyclic) bond motifs is 1. The molecule has 1 atom stereocenters. The lowest BCUT2D eigenvalue weighted by Gasteiger charge is -2.31. The van der Waals surface area contributed by atoms with Crippen LogP contribution in [-0.2, 0) is 32.2 Å². The van der Waals surface area contributed by atoms with Crippen molar-refractivity contribution >= 4 is 21.4 Å². The predicted molar refractivity (Wildman–Crippen MR) is 114 cm³/mol. The lowest BCUT2D eigenvalue weighted by molar-refractivity contribution is -0.118. The molecular weight excluding hydrogens is 370 g/mol. The number of amides is 1. The van der Waals surface area contributed by atoms with Gasteiger partial charge in [-0.2, -0.15) is 0 Å². The van der Waals surface area contributed by atoms with Gasteiger partial charge in [0, 0.05) is 12.2 Å². The summed E-state index contributed by atoms with van der Waals surface area (Å²) in [6.07, 6.45) is 1.77. The average Bonchev–Trinajstić information content (AvgIpc) is 2.65. The topological polar surface area (TPSA) is 54.5 Å². The third-order valence-electron chi connectivity index (χ3n) is 5.45. The summed E-state index contributed by atoms with van der Waals surface area (Å²) >= 11 is 0. The molecule has 0 aliphatic carbocycles. The zero-order chi connectivity index (χ0) is 20.5. The van der Waals surface area contributed by atoms with Crippen molar-refractivity contribution in [3.63, 3.8) is 0 Å². The van der Waals surface area contributed by atoms with Crippen molar-refractivity contribution in [2.24, 2.45) is 0 Å². The molecule has 3 rings (SSSR count). The maximum Gasteiger partial charge on any atom is 0.245 e. The van der Waals surface area contributed by atoms with Crippen LogP contribution in [0.3, 0.4) is 0 Å². The van der Waals surface area contributed by atoms with Crippen molar-refractivity contribution < 1.29 is 13.2 Å². The van der Waals surface area contributed by atoms with Gasteiger partial charge in [0.25, 0.3) is 0 Å². The molecule has 0 saturated carbocycles. The van der Waals surface area contributed by atoms with Crippen LogP contribution >= 0.6 is 0 Å².